The van der Waals surface area contributed by atoms with Crippen molar-refractivity contribution in [3.8, 4) is 11.5 Å². The fraction of sp³-hybridized carbons (Fsp3) is 0.182. The Morgan fingerprint density at radius 3 is 2.04 bits per heavy atom. The lowest BCUT2D eigenvalue weighted by atomic mass is 9.96. The van der Waals surface area contributed by atoms with Gasteiger partial charge in [-0.05, 0) is 35.4 Å². The molecule has 0 radical (unpaired) electrons. The van der Waals surface area contributed by atoms with Crippen molar-refractivity contribution in [3.63, 3.8) is 0 Å². The van der Waals surface area contributed by atoms with E-state index in [2.05, 4.69) is 30.6 Å². The van der Waals surface area contributed by atoms with Crippen LogP contribution in [0.2, 0.25) is 0 Å². The average molecular weight is 625 g/mol. The lowest BCUT2D eigenvalue weighted by molar-refractivity contribution is -0.126. The molecule has 11 nitrogen and oxygen atoms in total. The molecule has 1 unspecified atom stereocenters. The van der Waals surface area contributed by atoms with Gasteiger partial charge in [0.1, 0.15) is 11.5 Å². The fourth-order valence-electron chi connectivity index (χ4n) is 4.96. The number of nitrogens with one attached hydrogen (secondary N) is 4. The molecule has 5 aromatic rings. The minimum absolute atomic E-state index is 0.00412. The van der Waals surface area contributed by atoms with Crippen LogP contribution in [0.25, 0.3) is 11.0 Å². The number of ether oxygens (including phenoxy) is 2. The van der Waals surface area contributed by atoms with E-state index in [1.807, 2.05) is 36.4 Å². The number of sulfonamides is 1. The summed E-state index contributed by atoms with van der Waals surface area (Å²) in [6.45, 7) is 1.22. The molecular formula is C33H32N6O5S. The standard InChI is InChI=1S/C33H32N6O5S/c1-43-25-16-24(17-26(18-25)44-2)35-31-32(37-29-14-7-6-13-28(29)36-31)39-45(41,42)27-12-8-11-22(15-27)30(21-9-4-3-5-10-21)38-33(40)23-19-34-20-23/h3-18,23,30,34H,19-20H2,1-2H3,(H,35,36)(H,37,39)(H,38,40). The summed E-state index contributed by atoms with van der Waals surface area (Å²) in [5.74, 6) is 1.05. The maximum absolute atomic E-state index is 13.9. The second kappa shape index (κ2) is 12.8. The summed E-state index contributed by atoms with van der Waals surface area (Å²) < 4.78 is 41.2. The average Bonchev–Trinajstić information content (AvgIpc) is 3.03. The predicted octanol–water partition coefficient (Wildman–Crippen LogP) is 4.62. The highest BCUT2D eigenvalue weighted by Gasteiger charge is 2.28. The van der Waals surface area contributed by atoms with Crippen LogP contribution in [0.1, 0.15) is 17.2 Å². The van der Waals surface area contributed by atoms with Crippen molar-refractivity contribution in [2.75, 3.05) is 37.3 Å². The highest BCUT2D eigenvalue weighted by atomic mass is 32.2. The molecule has 0 bridgehead atoms. The van der Waals surface area contributed by atoms with Crippen molar-refractivity contribution in [3.05, 3.63) is 108 Å². The molecule has 4 N–H and O–H groups in total. The Bertz CT molecular complexity index is 1930. The summed E-state index contributed by atoms with van der Waals surface area (Å²) in [5, 5.41) is 9.39. The first kappa shape index (κ1) is 29.9. The largest absolute Gasteiger partial charge is 0.497 e. The van der Waals surface area contributed by atoms with Crippen molar-refractivity contribution in [1.82, 2.24) is 20.6 Å². The zero-order valence-electron chi connectivity index (χ0n) is 24.7. The third-order valence-electron chi connectivity index (χ3n) is 7.49. The zero-order valence-corrected chi connectivity index (χ0v) is 25.5. The van der Waals surface area contributed by atoms with Crippen LogP contribution in [0.4, 0.5) is 17.3 Å². The van der Waals surface area contributed by atoms with Crippen LogP contribution in [-0.2, 0) is 14.8 Å². The van der Waals surface area contributed by atoms with Gasteiger partial charge in [0, 0.05) is 37.0 Å². The van der Waals surface area contributed by atoms with Crippen molar-refractivity contribution < 1.29 is 22.7 Å². The van der Waals surface area contributed by atoms with E-state index in [1.54, 1.807) is 68.8 Å². The van der Waals surface area contributed by atoms with Gasteiger partial charge in [-0.3, -0.25) is 9.52 Å². The van der Waals surface area contributed by atoms with E-state index in [9.17, 15) is 13.2 Å². The van der Waals surface area contributed by atoms with Crippen LogP contribution >= 0.6 is 0 Å². The van der Waals surface area contributed by atoms with Crippen LogP contribution < -0.4 is 30.1 Å². The van der Waals surface area contributed by atoms with Gasteiger partial charge in [0.2, 0.25) is 5.91 Å². The maximum atomic E-state index is 13.9. The molecular weight excluding hydrogens is 592 g/mol. The summed E-state index contributed by atoms with van der Waals surface area (Å²) in [6.07, 6.45) is 0. The number of carbonyl (C=O) groups is 1. The quantitative estimate of drug-likeness (QED) is 0.166. The number of carbonyl (C=O) groups excluding carboxylic acids is 1. The second-order valence-corrected chi connectivity index (χ2v) is 12.2. The highest BCUT2D eigenvalue weighted by molar-refractivity contribution is 7.92. The number of benzene rings is 4. The minimum atomic E-state index is -4.16. The van der Waals surface area contributed by atoms with E-state index < -0.39 is 16.1 Å². The van der Waals surface area contributed by atoms with Crippen LogP contribution in [0.5, 0.6) is 11.5 Å². The molecule has 4 aromatic carbocycles. The number of hydrogen-bond donors (Lipinski definition) is 4. The molecule has 0 aliphatic carbocycles. The number of rotatable bonds is 11. The molecule has 45 heavy (non-hydrogen) atoms. The molecule has 2 heterocycles. The topological polar surface area (TPSA) is 144 Å². The molecule has 12 heteroatoms. The number of fused-ring (bicyclic) bond motifs is 1. The molecule has 1 aliphatic heterocycles. The van der Waals surface area contributed by atoms with Gasteiger partial charge in [0.15, 0.2) is 11.6 Å². The van der Waals surface area contributed by atoms with E-state index in [0.717, 1.165) is 5.56 Å². The van der Waals surface area contributed by atoms with E-state index >= 15 is 0 Å². The smallest absolute Gasteiger partial charge is 0.263 e. The Morgan fingerprint density at radius 2 is 1.42 bits per heavy atom. The van der Waals surface area contributed by atoms with Gasteiger partial charge in [-0.25, -0.2) is 18.4 Å². The van der Waals surface area contributed by atoms with Crippen LogP contribution in [0.15, 0.2) is 102 Å². The summed E-state index contributed by atoms with van der Waals surface area (Å²) in [6, 6.07) is 27.8. The van der Waals surface area contributed by atoms with Gasteiger partial charge >= 0.3 is 0 Å². The molecule has 6 rings (SSSR count). The lowest BCUT2D eigenvalue weighted by Gasteiger charge is -2.29. The van der Waals surface area contributed by atoms with Crippen LogP contribution in [0.3, 0.4) is 0 Å². The van der Waals surface area contributed by atoms with Gasteiger partial charge in [-0.1, -0.05) is 54.6 Å². The number of anilines is 3. The van der Waals surface area contributed by atoms with Crippen LogP contribution in [0, 0.1) is 5.92 Å². The predicted molar refractivity (Wildman–Crippen MR) is 172 cm³/mol. The van der Waals surface area contributed by atoms with Crippen molar-refractivity contribution in [2.24, 2.45) is 5.92 Å². The molecule has 1 fully saturated rings. The monoisotopic (exact) mass is 624 g/mol. The third-order valence-corrected chi connectivity index (χ3v) is 8.83. The summed E-state index contributed by atoms with van der Waals surface area (Å²) in [5.41, 5.74) is 3.09. The molecule has 1 amide bonds. The lowest BCUT2D eigenvalue weighted by Crippen LogP contribution is -2.51. The molecule has 1 atom stereocenters. The fourth-order valence-corrected chi connectivity index (χ4v) is 6.02. The Morgan fingerprint density at radius 1 is 0.800 bits per heavy atom. The van der Waals surface area contributed by atoms with E-state index in [-0.39, 0.29) is 28.4 Å². The van der Waals surface area contributed by atoms with E-state index in [1.165, 1.54) is 6.07 Å². The molecule has 0 spiro atoms. The number of nitrogens with zero attached hydrogens (tertiary/aromatic N) is 2. The minimum Gasteiger partial charge on any atom is -0.497 e. The number of aromatic nitrogens is 2. The molecule has 0 saturated carbocycles. The number of para-hydroxylation sites is 2. The van der Waals surface area contributed by atoms with Gasteiger partial charge in [0.25, 0.3) is 10.0 Å². The van der Waals surface area contributed by atoms with E-state index in [4.69, 9.17) is 9.47 Å². The molecule has 1 saturated heterocycles. The Labute approximate surface area is 261 Å². The van der Waals surface area contributed by atoms with Crippen molar-refractivity contribution in [2.45, 2.75) is 10.9 Å². The zero-order chi connectivity index (χ0) is 31.4. The van der Waals surface area contributed by atoms with Gasteiger partial charge < -0.3 is 25.4 Å². The van der Waals surface area contributed by atoms with E-state index in [0.29, 0.717) is 46.9 Å². The van der Waals surface area contributed by atoms with Crippen molar-refractivity contribution >= 4 is 44.3 Å². The SMILES string of the molecule is COc1cc(Nc2nc3ccccc3nc2NS(=O)(=O)c2cccc(C(NC(=O)C3CNC3)c3ccccc3)c2)cc(OC)c1. The molecule has 1 aromatic heterocycles. The maximum Gasteiger partial charge on any atom is 0.263 e. The molecule has 1 aliphatic rings. The Hall–Kier alpha value is -5.20. The first-order valence-corrected chi connectivity index (χ1v) is 15.8. The first-order chi connectivity index (χ1) is 21.8. The number of amides is 1. The molecule has 230 valence electrons. The summed E-state index contributed by atoms with van der Waals surface area (Å²) >= 11 is 0. The highest BCUT2D eigenvalue weighted by Crippen LogP contribution is 2.32. The van der Waals surface area contributed by atoms with Gasteiger partial charge in [-0.2, -0.15) is 0 Å². The first-order valence-electron chi connectivity index (χ1n) is 14.3. The van der Waals surface area contributed by atoms with Crippen molar-refractivity contribution in [1.29, 1.82) is 0 Å². The Kier molecular flexibility index (Phi) is 8.49. The van der Waals surface area contributed by atoms with Gasteiger partial charge in [-0.15, -0.1) is 0 Å². The Balaban J connectivity index is 1.35. The van der Waals surface area contributed by atoms with Crippen LogP contribution in [-0.4, -0.2) is 51.6 Å². The summed E-state index contributed by atoms with van der Waals surface area (Å²) in [7, 11) is -1.08. The number of hydrogen-bond acceptors (Lipinski definition) is 9. The summed E-state index contributed by atoms with van der Waals surface area (Å²) in [4.78, 5) is 22.2. The van der Waals surface area contributed by atoms with Gasteiger partial charge in [0.05, 0.1) is 42.1 Å². The normalized spacial score (nSPS) is 13.8. The third kappa shape index (κ3) is 6.66. The second-order valence-electron chi connectivity index (χ2n) is 10.5. The number of methoxy groups -OCH3 is 2.